The Hall–Kier alpha value is -3.08. The van der Waals surface area contributed by atoms with E-state index in [4.69, 9.17) is 4.74 Å². The number of esters is 1. The molecule has 2 aromatic heterocycles. The number of hydrogen-bond donors (Lipinski definition) is 2. The molecular formula is C20H23N5O4S. The molecule has 2 N–H and O–H groups in total. The number of hydrogen-bond acceptors (Lipinski definition) is 7. The number of pyridine rings is 2. The van der Waals surface area contributed by atoms with E-state index in [1.165, 1.54) is 21.2 Å². The zero-order chi connectivity index (χ0) is 21.7. The van der Waals surface area contributed by atoms with Crippen LogP contribution < -0.4 is 10.0 Å². The van der Waals surface area contributed by atoms with Crippen LogP contribution in [0.25, 0.3) is 10.8 Å². The summed E-state index contributed by atoms with van der Waals surface area (Å²) < 4.78 is 32.3. The summed E-state index contributed by atoms with van der Waals surface area (Å²) in [6, 6.07) is 10.0. The highest BCUT2D eigenvalue weighted by Gasteiger charge is 2.26. The molecule has 0 spiro atoms. The van der Waals surface area contributed by atoms with Crippen LogP contribution in [0.15, 0.2) is 55.0 Å². The number of ether oxygens (including phenoxy) is 1. The highest BCUT2D eigenvalue weighted by Crippen LogP contribution is 2.23. The first kappa shape index (κ1) is 21.6. The van der Waals surface area contributed by atoms with Crippen LogP contribution in [-0.4, -0.2) is 55.9 Å². The van der Waals surface area contributed by atoms with Gasteiger partial charge in [0.05, 0.1) is 7.11 Å². The maximum absolute atomic E-state index is 12.1. The first-order valence-electron chi connectivity index (χ1n) is 9.12. The molecule has 0 unspecified atom stereocenters. The minimum absolute atomic E-state index is 0.151. The molecule has 30 heavy (non-hydrogen) atoms. The third-order valence-electron chi connectivity index (χ3n) is 4.48. The van der Waals surface area contributed by atoms with Crippen LogP contribution in [0.2, 0.25) is 0 Å². The number of nitrogens with zero attached hydrogens (tertiary/aromatic N) is 3. The second kappa shape index (κ2) is 9.16. The molecular weight excluding hydrogens is 406 g/mol. The van der Waals surface area contributed by atoms with Crippen LogP contribution in [0.3, 0.4) is 0 Å². The molecule has 0 saturated carbocycles. The Morgan fingerprint density at radius 2 is 1.87 bits per heavy atom. The maximum Gasteiger partial charge on any atom is 0.324 e. The van der Waals surface area contributed by atoms with Crippen molar-refractivity contribution in [3.8, 4) is 0 Å². The van der Waals surface area contributed by atoms with E-state index in [1.807, 2.05) is 36.4 Å². The average Bonchev–Trinajstić information content (AvgIpc) is 2.74. The molecule has 0 fully saturated rings. The van der Waals surface area contributed by atoms with Crippen LogP contribution >= 0.6 is 0 Å². The second-order valence-corrected chi connectivity index (χ2v) is 8.68. The number of anilines is 2. The fraction of sp³-hybridized carbons (Fsp3) is 0.250. The number of benzene rings is 1. The number of rotatable bonds is 8. The zero-order valence-corrected chi connectivity index (χ0v) is 17.7. The van der Waals surface area contributed by atoms with Gasteiger partial charge >= 0.3 is 5.97 Å². The van der Waals surface area contributed by atoms with Gasteiger partial charge in [-0.25, -0.2) is 4.98 Å². The first-order valence-corrected chi connectivity index (χ1v) is 10.6. The summed E-state index contributed by atoms with van der Waals surface area (Å²) in [4.78, 5) is 20.6. The fourth-order valence-electron chi connectivity index (χ4n) is 2.81. The molecule has 0 saturated heterocycles. The monoisotopic (exact) mass is 429 g/mol. The van der Waals surface area contributed by atoms with Gasteiger partial charge in [0.1, 0.15) is 11.9 Å². The van der Waals surface area contributed by atoms with Gasteiger partial charge in [0.2, 0.25) is 0 Å². The molecule has 2 heterocycles. The van der Waals surface area contributed by atoms with Crippen molar-refractivity contribution in [2.75, 3.05) is 26.5 Å². The normalized spacial score (nSPS) is 12.7. The van der Waals surface area contributed by atoms with Crippen molar-refractivity contribution in [3.63, 3.8) is 0 Å². The van der Waals surface area contributed by atoms with E-state index < -0.39 is 22.2 Å². The lowest BCUT2D eigenvalue weighted by Gasteiger charge is -2.19. The predicted octanol–water partition coefficient (Wildman–Crippen LogP) is 1.85. The van der Waals surface area contributed by atoms with Crippen molar-refractivity contribution in [1.29, 1.82) is 0 Å². The molecule has 3 rings (SSSR count). The summed E-state index contributed by atoms with van der Waals surface area (Å²) in [7, 11) is 0.203. The van der Waals surface area contributed by atoms with Crippen LogP contribution in [0.1, 0.15) is 5.56 Å². The van der Waals surface area contributed by atoms with Gasteiger partial charge in [-0.15, -0.1) is 0 Å². The van der Waals surface area contributed by atoms with Crippen molar-refractivity contribution >= 4 is 38.5 Å². The van der Waals surface area contributed by atoms with E-state index in [9.17, 15) is 13.2 Å². The molecule has 158 valence electrons. The van der Waals surface area contributed by atoms with Gasteiger partial charge in [0, 0.05) is 49.1 Å². The lowest BCUT2D eigenvalue weighted by molar-refractivity contribution is -0.142. The van der Waals surface area contributed by atoms with Crippen LogP contribution in [0.5, 0.6) is 0 Å². The Morgan fingerprint density at radius 1 is 1.13 bits per heavy atom. The quantitative estimate of drug-likeness (QED) is 0.525. The standard InChI is InChI=1S/C20H23N5O4S/c1-25(2)30(27,28)24-18(20(26)29-3)12-14-4-6-16(7-5-14)23-19-17-9-10-21-13-15(17)8-11-22-19/h4-11,13,18,24H,12H2,1-3H3,(H,22,23)/t18-/m0/s1. The summed E-state index contributed by atoms with van der Waals surface area (Å²) in [5.74, 6) is 0.0463. The van der Waals surface area contributed by atoms with E-state index in [0.29, 0.717) is 5.82 Å². The number of aromatic nitrogens is 2. The minimum Gasteiger partial charge on any atom is -0.468 e. The van der Waals surface area contributed by atoms with Gasteiger partial charge in [-0.05, 0) is 36.2 Å². The maximum atomic E-state index is 12.1. The molecule has 3 aromatic rings. The summed E-state index contributed by atoms with van der Waals surface area (Å²) in [6.45, 7) is 0. The number of nitrogens with one attached hydrogen (secondary N) is 2. The number of carbonyl (C=O) groups excluding carboxylic acids is 1. The lowest BCUT2D eigenvalue weighted by Crippen LogP contribution is -2.47. The molecule has 0 aliphatic rings. The van der Waals surface area contributed by atoms with Crippen molar-refractivity contribution in [1.82, 2.24) is 19.0 Å². The summed E-state index contributed by atoms with van der Waals surface area (Å²) in [5.41, 5.74) is 1.58. The molecule has 1 atom stereocenters. The summed E-state index contributed by atoms with van der Waals surface area (Å²) in [5, 5.41) is 5.18. The van der Waals surface area contributed by atoms with E-state index in [-0.39, 0.29) is 6.42 Å². The van der Waals surface area contributed by atoms with Crippen molar-refractivity contribution in [3.05, 3.63) is 60.6 Å². The topological polar surface area (TPSA) is 114 Å². The minimum atomic E-state index is -3.79. The van der Waals surface area contributed by atoms with Gasteiger partial charge < -0.3 is 10.1 Å². The molecule has 0 radical (unpaired) electrons. The number of methoxy groups -OCH3 is 1. The number of carbonyl (C=O) groups is 1. The molecule has 10 heteroatoms. The van der Waals surface area contributed by atoms with E-state index in [2.05, 4.69) is 20.0 Å². The van der Waals surface area contributed by atoms with Crippen LogP contribution in [0.4, 0.5) is 11.5 Å². The van der Waals surface area contributed by atoms with E-state index in [1.54, 1.807) is 18.6 Å². The van der Waals surface area contributed by atoms with Gasteiger partial charge in [-0.1, -0.05) is 12.1 Å². The molecule has 0 aliphatic heterocycles. The van der Waals surface area contributed by atoms with Crippen molar-refractivity contribution in [2.45, 2.75) is 12.5 Å². The SMILES string of the molecule is COC(=O)[C@H](Cc1ccc(Nc2nccc3cnccc23)cc1)NS(=O)(=O)N(C)C. The highest BCUT2D eigenvalue weighted by atomic mass is 32.2. The zero-order valence-electron chi connectivity index (χ0n) is 16.9. The molecule has 9 nitrogen and oxygen atoms in total. The third kappa shape index (κ3) is 5.09. The Balaban J connectivity index is 1.76. The van der Waals surface area contributed by atoms with Crippen LogP contribution in [-0.2, 0) is 26.2 Å². The lowest BCUT2D eigenvalue weighted by atomic mass is 10.1. The predicted molar refractivity (Wildman–Crippen MR) is 115 cm³/mol. The molecule has 0 bridgehead atoms. The van der Waals surface area contributed by atoms with Gasteiger partial charge in [-0.3, -0.25) is 9.78 Å². The third-order valence-corrected chi connectivity index (χ3v) is 6.02. The number of fused-ring (bicyclic) bond motifs is 1. The molecule has 0 aliphatic carbocycles. The van der Waals surface area contributed by atoms with Crippen LogP contribution in [0, 0.1) is 0 Å². The smallest absolute Gasteiger partial charge is 0.324 e. The van der Waals surface area contributed by atoms with Gasteiger partial charge in [0.15, 0.2) is 0 Å². The Labute approximate surface area is 175 Å². The van der Waals surface area contributed by atoms with E-state index in [0.717, 1.165) is 26.3 Å². The first-order chi connectivity index (χ1) is 14.3. The van der Waals surface area contributed by atoms with Crippen molar-refractivity contribution in [2.24, 2.45) is 0 Å². The van der Waals surface area contributed by atoms with Gasteiger partial charge in [0.25, 0.3) is 10.2 Å². The second-order valence-electron chi connectivity index (χ2n) is 6.76. The Bertz CT molecular complexity index is 1130. The van der Waals surface area contributed by atoms with Crippen molar-refractivity contribution < 1.29 is 17.9 Å². The average molecular weight is 430 g/mol. The highest BCUT2D eigenvalue weighted by molar-refractivity contribution is 7.87. The Morgan fingerprint density at radius 3 is 2.53 bits per heavy atom. The summed E-state index contributed by atoms with van der Waals surface area (Å²) >= 11 is 0. The molecule has 1 aromatic carbocycles. The summed E-state index contributed by atoms with van der Waals surface area (Å²) in [6.07, 6.45) is 5.34. The van der Waals surface area contributed by atoms with Gasteiger partial charge in [-0.2, -0.15) is 17.4 Å². The Kier molecular flexibility index (Phi) is 6.60. The fourth-order valence-corrected chi connectivity index (χ4v) is 3.56. The molecule has 0 amide bonds. The largest absolute Gasteiger partial charge is 0.468 e. The van der Waals surface area contributed by atoms with E-state index >= 15 is 0 Å².